The maximum absolute atomic E-state index is 12.6. The minimum absolute atomic E-state index is 0.0179. The van der Waals surface area contributed by atoms with Gasteiger partial charge in [-0.1, -0.05) is 0 Å². The Bertz CT molecular complexity index is 598. The van der Waals surface area contributed by atoms with Crippen LogP contribution in [0.1, 0.15) is 38.5 Å². The van der Waals surface area contributed by atoms with Crippen LogP contribution in [0.25, 0.3) is 0 Å². The third-order valence-corrected chi connectivity index (χ3v) is 4.76. The van der Waals surface area contributed by atoms with Crippen molar-refractivity contribution in [2.24, 2.45) is 13.0 Å². The van der Waals surface area contributed by atoms with Gasteiger partial charge in [-0.15, -0.1) is 0 Å². The van der Waals surface area contributed by atoms with Crippen LogP contribution in [0.2, 0.25) is 0 Å². The lowest BCUT2D eigenvalue weighted by molar-refractivity contribution is -0.135. The average molecular weight is 320 g/mol. The summed E-state index contributed by atoms with van der Waals surface area (Å²) in [6.45, 7) is 5.23. The number of likely N-dealkylation sites (tertiary alicyclic amines) is 1. The fraction of sp³-hybridized carbons (Fsp3) is 0.688. The van der Waals surface area contributed by atoms with Crippen molar-refractivity contribution in [1.29, 1.82) is 0 Å². The number of aryl methyl sites for hydroxylation is 1. The first kappa shape index (κ1) is 16.0. The van der Waals surface area contributed by atoms with Crippen LogP contribution in [0.5, 0.6) is 0 Å². The van der Waals surface area contributed by atoms with E-state index in [-0.39, 0.29) is 29.9 Å². The maximum Gasteiger partial charge on any atom is 0.245 e. The summed E-state index contributed by atoms with van der Waals surface area (Å²) in [5.74, 6) is -0.353. The number of carbonyl (C=O) groups excluding carboxylic acids is 2. The van der Waals surface area contributed by atoms with Crippen molar-refractivity contribution >= 4 is 11.8 Å². The highest BCUT2D eigenvalue weighted by molar-refractivity contribution is 5.90. The van der Waals surface area contributed by atoms with Gasteiger partial charge in [-0.05, 0) is 32.8 Å². The molecule has 3 heterocycles. The van der Waals surface area contributed by atoms with Crippen molar-refractivity contribution in [2.45, 2.75) is 44.9 Å². The van der Waals surface area contributed by atoms with Gasteiger partial charge >= 0.3 is 0 Å². The summed E-state index contributed by atoms with van der Waals surface area (Å²) in [6, 6.07) is 1.64. The molecule has 0 saturated carbocycles. The number of hydrogen-bond donors (Lipinski definition) is 1. The molecule has 126 valence electrons. The first-order valence-corrected chi connectivity index (χ1v) is 8.19. The molecule has 0 bridgehead atoms. The van der Waals surface area contributed by atoms with E-state index in [0.717, 1.165) is 5.69 Å². The molecule has 2 saturated heterocycles. The Morgan fingerprint density at radius 3 is 2.83 bits per heavy atom. The number of amides is 2. The van der Waals surface area contributed by atoms with Gasteiger partial charge in [0, 0.05) is 32.4 Å². The second-order valence-electron chi connectivity index (χ2n) is 6.54. The second kappa shape index (κ2) is 6.31. The third kappa shape index (κ3) is 2.97. The topological polar surface area (TPSA) is 76.5 Å². The van der Waals surface area contributed by atoms with E-state index in [1.54, 1.807) is 10.9 Å². The Kier molecular flexibility index (Phi) is 4.39. The Morgan fingerprint density at radius 2 is 2.22 bits per heavy atom. The third-order valence-electron chi connectivity index (χ3n) is 4.76. The first-order chi connectivity index (χ1) is 11.0. The summed E-state index contributed by atoms with van der Waals surface area (Å²) in [5, 5.41) is 7.07. The molecule has 0 aromatic carbocycles. The van der Waals surface area contributed by atoms with E-state index >= 15 is 0 Å². The molecule has 3 atom stereocenters. The highest BCUT2D eigenvalue weighted by Gasteiger charge is 2.40. The molecule has 0 aliphatic carbocycles. The number of rotatable bonds is 4. The van der Waals surface area contributed by atoms with Crippen molar-refractivity contribution in [1.82, 2.24) is 20.0 Å². The lowest BCUT2D eigenvalue weighted by Gasteiger charge is -2.22. The standard InChI is InChI=1S/C16H24N4O3/c1-10(2)20-8-5-12(16(20)22)18-15(21)11-6-9-23-14(11)13-4-7-17-19(13)3/h4,7,10-12,14H,5-6,8-9H2,1-3H3,(H,18,21)/t11-,12-,14-/m1/s1. The van der Waals surface area contributed by atoms with E-state index in [2.05, 4.69) is 10.4 Å². The van der Waals surface area contributed by atoms with E-state index in [9.17, 15) is 9.59 Å². The van der Waals surface area contributed by atoms with Gasteiger partial charge in [0.05, 0.1) is 11.6 Å². The normalized spacial score (nSPS) is 27.9. The summed E-state index contributed by atoms with van der Waals surface area (Å²) in [7, 11) is 1.84. The number of nitrogens with one attached hydrogen (secondary N) is 1. The van der Waals surface area contributed by atoms with Crippen LogP contribution in [0.3, 0.4) is 0 Å². The predicted octanol–water partition coefficient (Wildman–Crippen LogP) is 0.623. The van der Waals surface area contributed by atoms with Gasteiger partial charge < -0.3 is 15.0 Å². The zero-order valence-corrected chi connectivity index (χ0v) is 13.9. The molecular weight excluding hydrogens is 296 g/mol. The number of hydrogen-bond acceptors (Lipinski definition) is 4. The van der Waals surface area contributed by atoms with Crippen LogP contribution in [-0.2, 0) is 21.4 Å². The van der Waals surface area contributed by atoms with Gasteiger partial charge in [0.2, 0.25) is 11.8 Å². The van der Waals surface area contributed by atoms with Crippen LogP contribution < -0.4 is 5.32 Å². The van der Waals surface area contributed by atoms with Crippen molar-refractivity contribution < 1.29 is 14.3 Å². The minimum Gasteiger partial charge on any atom is -0.371 e. The minimum atomic E-state index is -0.405. The molecule has 7 heteroatoms. The van der Waals surface area contributed by atoms with Crippen molar-refractivity contribution in [3.8, 4) is 0 Å². The van der Waals surface area contributed by atoms with Crippen LogP contribution in [0.15, 0.2) is 12.3 Å². The summed E-state index contributed by atoms with van der Waals surface area (Å²) in [5.41, 5.74) is 0.893. The zero-order valence-electron chi connectivity index (χ0n) is 13.9. The molecule has 2 aliphatic heterocycles. The number of ether oxygens (including phenoxy) is 1. The van der Waals surface area contributed by atoms with Gasteiger partial charge in [0.15, 0.2) is 0 Å². The summed E-state index contributed by atoms with van der Waals surface area (Å²) in [4.78, 5) is 26.8. The van der Waals surface area contributed by atoms with Crippen molar-refractivity contribution in [3.63, 3.8) is 0 Å². The fourth-order valence-corrected chi connectivity index (χ4v) is 3.44. The van der Waals surface area contributed by atoms with Crippen molar-refractivity contribution in [2.75, 3.05) is 13.2 Å². The number of nitrogens with zero attached hydrogens (tertiary/aromatic N) is 3. The van der Waals surface area contributed by atoms with E-state index in [0.29, 0.717) is 26.0 Å². The Morgan fingerprint density at radius 1 is 1.43 bits per heavy atom. The zero-order chi connectivity index (χ0) is 16.6. The van der Waals surface area contributed by atoms with Crippen LogP contribution in [0, 0.1) is 5.92 Å². The average Bonchev–Trinajstić information content (AvgIpc) is 3.19. The SMILES string of the molecule is CC(C)N1CC[C@@H](NC(=O)[C@@H]2CCO[C@H]2c2ccnn2C)C1=O. The van der Waals surface area contributed by atoms with Gasteiger partial charge in [-0.3, -0.25) is 14.3 Å². The van der Waals surface area contributed by atoms with Gasteiger partial charge in [-0.2, -0.15) is 5.10 Å². The fourth-order valence-electron chi connectivity index (χ4n) is 3.44. The summed E-state index contributed by atoms with van der Waals surface area (Å²) < 4.78 is 7.48. The smallest absolute Gasteiger partial charge is 0.245 e. The van der Waals surface area contributed by atoms with Gasteiger partial charge in [0.1, 0.15) is 12.1 Å². The molecule has 0 radical (unpaired) electrons. The van der Waals surface area contributed by atoms with Gasteiger partial charge in [-0.25, -0.2) is 0 Å². The lowest BCUT2D eigenvalue weighted by Crippen LogP contribution is -2.45. The van der Waals surface area contributed by atoms with E-state index in [1.807, 2.05) is 31.9 Å². The molecule has 1 aromatic heterocycles. The van der Waals surface area contributed by atoms with Crippen LogP contribution in [-0.4, -0.2) is 51.7 Å². The predicted molar refractivity (Wildman–Crippen MR) is 83.4 cm³/mol. The van der Waals surface area contributed by atoms with Crippen LogP contribution in [0.4, 0.5) is 0 Å². The molecule has 1 N–H and O–H groups in total. The van der Waals surface area contributed by atoms with E-state index in [1.165, 1.54) is 0 Å². The molecule has 23 heavy (non-hydrogen) atoms. The summed E-state index contributed by atoms with van der Waals surface area (Å²) >= 11 is 0. The molecule has 1 aromatic rings. The van der Waals surface area contributed by atoms with Gasteiger partial charge in [0.25, 0.3) is 0 Å². The maximum atomic E-state index is 12.6. The number of carbonyl (C=O) groups is 2. The molecule has 2 fully saturated rings. The molecule has 0 unspecified atom stereocenters. The van der Waals surface area contributed by atoms with Crippen molar-refractivity contribution in [3.05, 3.63) is 18.0 Å². The van der Waals surface area contributed by atoms with E-state index in [4.69, 9.17) is 4.74 Å². The highest BCUT2D eigenvalue weighted by Crippen LogP contribution is 2.34. The largest absolute Gasteiger partial charge is 0.371 e. The second-order valence-corrected chi connectivity index (χ2v) is 6.54. The van der Waals surface area contributed by atoms with E-state index < -0.39 is 6.04 Å². The molecule has 3 rings (SSSR count). The quantitative estimate of drug-likeness (QED) is 0.882. The first-order valence-electron chi connectivity index (χ1n) is 8.19. The Balaban J connectivity index is 1.66. The number of aromatic nitrogens is 2. The molecular formula is C16H24N4O3. The highest BCUT2D eigenvalue weighted by atomic mass is 16.5. The molecule has 2 amide bonds. The van der Waals surface area contributed by atoms with Crippen LogP contribution >= 0.6 is 0 Å². The monoisotopic (exact) mass is 320 g/mol. The molecule has 0 spiro atoms. The molecule has 2 aliphatic rings. The summed E-state index contributed by atoms with van der Waals surface area (Å²) in [6.07, 6.45) is 2.75. The molecule has 7 nitrogen and oxygen atoms in total. The Labute approximate surface area is 136 Å². The Hall–Kier alpha value is -1.89. The lowest BCUT2D eigenvalue weighted by atomic mass is 9.97.